The van der Waals surface area contributed by atoms with Crippen molar-refractivity contribution in [1.29, 1.82) is 0 Å². The minimum absolute atomic E-state index is 0.0569. The monoisotopic (exact) mass is 614 g/mol. The van der Waals surface area contributed by atoms with Gasteiger partial charge < -0.3 is 0 Å². The summed E-state index contributed by atoms with van der Waals surface area (Å²) in [6.45, 7) is 24.6. The number of pyridine rings is 2. The average molecular weight is 615 g/mol. The highest BCUT2D eigenvalue weighted by Gasteiger charge is 2.41. The van der Waals surface area contributed by atoms with E-state index in [0.29, 0.717) is 23.0 Å². The van der Waals surface area contributed by atoms with E-state index in [4.69, 9.17) is 30.1 Å². The van der Waals surface area contributed by atoms with E-state index in [1.165, 1.54) is 5.56 Å². The van der Waals surface area contributed by atoms with Gasteiger partial charge in [0.2, 0.25) is 11.6 Å². The molecule has 0 saturated heterocycles. The molecule has 4 heterocycles. The lowest BCUT2D eigenvalue weighted by Gasteiger charge is -2.39. The molecule has 0 amide bonds. The van der Waals surface area contributed by atoms with Crippen LogP contribution in [0.2, 0.25) is 0 Å². The average Bonchev–Trinajstić information content (AvgIpc) is 3.00. The normalized spacial score (nSPS) is 19.5. The van der Waals surface area contributed by atoms with Crippen LogP contribution in [0.1, 0.15) is 130 Å². The zero-order valence-corrected chi connectivity index (χ0v) is 29.3. The number of hydrogen-bond donors (Lipinski definition) is 0. The van der Waals surface area contributed by atoms with Crippen molar-refractivity contribution in [2.75, 3.05) is 0 Å². The molecule has 0 radical (unpaired) electrons. The second kappa shape index (κ2) is 9.79. The molecule has 0 atom stereocenters. The maximum absolute atomic E-state index is 5.24. The summed E-state index contributed by atoms with van der Waals surface area (Å²) in [6, 6.07) is 10.5. The first-order chi connectivity index (χ1) is 21.4. The fourth-order valence-corrected chi connectivity index (χ4v) is 7.18. The lowest BCUT2D eigenvalue weighted by Crippen LogP contribution is -2.36. The maximum atomic E-state index is 5.24. The van der Waals surface area contributed by atoms with E-state index in [1.54, 1.807) is 0 Å². The SMILES string of the molecule is CC(C)(C)c1cc2ccc(-c3nnc4c(n3)C(C)(C)CCC4(C)C)nc2c2nc(-c3nnc4c(n3)C(C)(C)CCC4(C)C)ccc12. The molecule has 1 aromatic carbocycles. The highest BCUT2D eigenvalue weighted by molar-refractivity contribution is 6.06. The summed E-state index contributed by atoms with van der Waals surface area (Å²) in [5.74, 6) is 1.09. The highest BCUT2D eigenvalue weighted by atomic mass is 15.2. The smallest absolute Gasteiger partial charge is 0.200 e. The Hall–Kier alpha value is -3.94. The molecule has 7 rings (SSSR count). The predicted octanol–water partition coefficient (Wildman–Crippen LogP) is 8.48. The minimum Gasteiger partial charge on any atom is -0.242 e. The van der Waals surface area contributed by atoms with Crippen LogP contribution < -0.4 is 0 Å². The van der Waals surface area contributed by atoms with Crippen molar-refractivity contribution in [1.82, 2.24) is 40.3 Å². The molecule has 8 nitrogen and oxygen atoms in total. The van der Waals surface area contributed by atoms with Gasteiger partial charge >= 0.3 is 0 Å². The molecule has 0 unspecified atom stereocenters. The van der Waals surface area contributed by atoms with Crippen molar-refractivity contribution < 1.29 is 0 Å². The van der Waals surface area contributed by atoms with Crippen molar-refractivity contribution in [2.45, 2.75) is 129 Å². The molecule has 0 saturated carbocycles. The van der Waals surface area contributed by atoms with Crippen LogP contribution in [-0.4, -0.2) is 40.3 Å². The third kappa shape index (κ3) is 4.87. The molecule has 238 valence electrons. The van der Waals surface area contributed by atoms with E-state index in [1.807, 2.05) is 12.1 Å². The second-order valence-electron chi connectivity index (χ2n) is 17.2. The topological polar surface area (TPSA) is 103 Å². The number of fused-ring (bicyclic) bond motifs is 5. The fraction of sp³-hybridized carbons (Fsp3) is 0.526. The predicted molar refractivity (Wildman–Crippen MR) is 184 cm³/mol. The van der Waals surface area contributed by atoms with Crippen LogP contribution in [0.5, 0.6) is 0 Å². The van der Waals surface area contributed by atoms with Gasteiger partial charge in [-0.2, -0.15) is 10.2 Å². The van der Waals surface area contributed by atoms with E-state index in [-0.39, 0.29) is 27.1 Å². The summed E-state index contributed by atoms with van der Waals surface area (Å²) in [7, 11) is 0. The quantitative estimate of drug-likeness (QED) is 0.182. The van der Waals surface area contributed by atoms with Crippen LogP contribution >= 0.6 is 0 Å². The Labute approximate surface area is 272 Å². The molecular weight excluding hydrogens is 568 g/mol. The van der Waals surface area contributed by atoms with E-state index in [9.17, 15) is 0 Å². The summed E-state index contributed by atoms with van der Waals surface area (Å²) in [4.78, 5) is 20.7. The molecule has 2 aliphatic carbocycles. The van der Waals surface area contributed by atoms with Gasteiger partial charge in [-0.3, -0.25) is 0 Å². The fourth-order valence-electron chi connectivity index (χ4n) is 7.18. The van der Waals surface area contributed by atoms with Gasteiger partial charge in [-0.25, -0.2) is 19.9 Å². The van der Waals surface area contributed by atoms with Crippen molar-refractivity contribution in [3.63, 3.8) is 0 Å². The summed E-state index contributed by atoms with van der Waals surface area (Å²) in [6.07, 6.45) is 4.23. The van der Waals surface area contributed by atoms with Crippen LogP contribution in [0.15, 0.2) is 30.3 Å². The molecule has 2 aliphatic rings. The Morgan fingerprint density at radius 2 is 0.935 bits per heavy atom. The first-order valence-corrected chi connectivity index (χ1v) is 16.6. The van der Waals surface area contributed by atoms with E-state index in [2.05, 4.69) is 105 Å². The molecule has 0 bridgehead atoms. The van der Waals surface area contributed by atoms with Crippen molar-refractivity contribution in [2.24, 2.45) is 0 Å². The van der Waals surface area contributed by atoms with E-state index >= 15 is 0 Å². The number of aromatic nitrogens is 8. The highest BCUT2D eigenvalue weighted by Crippen LogP contribution is 2.45. The van der Waals surface area contributed by atoms with E-state index < -0.39 is 0 Å². The minimum atomic E-state index is -0.0995. The first-order valence-electron chi connectivity index (χ1n) is 16.6. The van der Waals surface area contributed by atoms with Crippen LogP contribution in [0.4, 0.5) is 0 Å². The second-order valence-corrected chi connectivity index (χ2v) is 17.2. The molecule has 5 aromatic rings. The Bertz CT molecular complexity index is 2050. The molecule has 46 heavy (non-hydrogen) atoms. The summed E-state index contributed by atoms with van der Waals surface area (Å²) >= 11 is 0. The maximum Gasteiger partial charge on any atom is 0.200 e. The van der Waals surface area contributed by atoms with Gasteiger partial charge in [0.25, 0.3) is 0 Å². The summed E-state index contributed by atoms with van der Waals surface area (Å²) in [5, 5.41) is 20.9. The number of rotatable bonds is 2. The zero-order chi connectivity index (χ0) is 33.0. The Morgan fingerprint density at radius 3 is 1.41 bits per heavy atom. The number of nitrogens with zero attached hydrogens (tertiary/aromatic N) is 8. The van der Waals surface area contributed by atoms with Crippen molar-refractivity contribution in [3.8, 4) is 23.0 Å². The van der Waals surface area contributed by atoms with Crippen LogP contribution in [0.3, 0.4) is 0 Å². The molecule has 0 fully saturated rings. The van der Waals surface area contributed by atoms with Crippen molar-refractivity contribution in [3.05, 3.63) is 58.7 Å². The Morgan fingerprint density at radius 1 is 0.500 bits per heavy atom. The Kier molecular flexibility index (Phi) is 6.53. The molecular formula is C38H46N8. The number of hydrogen-bond acceptors (Lipinski definition) is 8. The molecule has 0 aliphatic heterocycles. The third-order valence-corrected chi connectivity index (χ3v) is 10.6. The standard InChI is InChI=1S/C38H46N8/c1-34(2,3)23-20-21-12-14-24(32-41-28-30(43-45-32)37(8,9)18-16-35(28,4)5)39-26(21)27-22(23)13-15-25(40-27)33-42-29-31(44-46-33)38(10,11)19-17-36(29,6)7/h12-15,20H,16-19H2,1-11H3. The lowest BCUT2D eigenvalue weighted by atomic mass is 9.67. The first kappa shape index (κ1) is 30.7. The van der Waals surface area contributed by atoms with Gasteiger partial charge in [-0.1, -0.05) is 88.3 Å². The largest absolute Gasteiger partial charge is 0.242 e. The molecule has 8 heteroatoms. The molecule has 4 aromatic heterocycles. The van der Waals surface area contributed by atoms with Crippen LogP contribution in [0, 0.1) is 0 Å². The van der Waals surface area contributed by atoms with Gasteiger partial charge in [0.15, 0.2) is 0 Å². The van der Waals surface area contributed by atoms with Gasteiger partial charge in [-0.15, -0.1) is 10.2 Å². The summed E-state index contributed by atoms with van der Waals surface area (Å²) < 4.78 is 0. The van der Waals surface area contributed by atoms with Gasteiger partial charge in [0.05, 0.1) is 33.8 Å². The van der Waals surface area contributed by atoms with Crippen molar-refractivity contribution >= 4 is 21.8 Å². The van der Waals surface area contributed by atoms with Gasteiger partial charge in [-0.05, 0) is 54.9 Å². The van der Waals surface area contributed by atoms with Gasteiger partial charge in [0, 0.05) is 32.4 Å². The Balaban J connectivity index is 1.43. The molecule has 0 spiro atoms. The third-order valence-electron chi connectivity index (χ3n) is 10.6. The number of benzene rings is 1. The summed E-state index contributed by atoms with van der Waals surface area (Å²) in [5.41, 5.74) is 7.86. The lowest BCUT2D eigenvalue weighted by molar-refractivity contribution is 0.311. The van der Waals surface area contributed by atoms with Gasteiger partial charge in [0.1, 0.15) is 11.4 Å². The van der Waals surface area contributed by atoms with Crippen LogP contribution in [-0.2, 0) is 27.1 Å². The van der Waals surface area contributed by atoms with E-state index in [0.717, 1.165) is 70.3 Å². The van der Waals surface area contributed by atoms with Crippen LogP contribution in [0.25, 0.3) is 44.8 Å². The molecule has 0 N–H and O–H groups in total. The zero-order valence-electron chi connectivity index (χ0n) is 29.3.